The fourth-order valence-electron chi connectivity index (χ4n) is 1.83. The lowest BCUT2D eigenvalue weighted by molar-refractivity contribution is 0.538. The van der Waals surface area contributed by atoms with Crippen molar-refractivity contribution >= 4 is 0 Å². The van der Waals surface area contributed by atoms with Gasteiger partial charge in [0.15, 0.2) is 0 Å². The minimum absolute atomic E-state index is 0.144. The third kappa shape index (κ3) is 2.91. The van der Waals surface area contributed by atoms with E-state index in [2.05, 4.69) is 10.4 Å². The Morgan fingerprint density at radius 1 is 1.33 bits per heavy atom. The van der Waals surface area contributed by atoms with Gasteiger partial charge in [-0.3, -0.25) is 16.3 Å². The van der Waals surface area contributed by atoms with E-state index in [-0.39, 0.29) is 11.9 Å². The molecule has 0 amide bonds. The number of nitrogens with zero attached hydrogens (tertiary/aromatic N) is 1. The second-order valence-electron chi connectivity index (χ2n) is 4.25. The van der Waals surface area contributed by atoms with Crippen LogP contribution >= 0.6 is 0 Å². The molecule has 1 unspecified atom stereocenters. The molecule has 0 aliphatic carbocycles. The van der Waals surface area contributed by atoms with Gasteiger partial charge in [-0.05, 0) is 36.2 Å². The zero-order valence-electron chi connectivity index (χ0n) is 10.2. The molecule has 0 bridgehead atoms. The van der Waals surface area contributed by atoms with Crippen LogP contribution in [-0.2, 0) is 6.42 Å². The molecule has 2 aromatic rings. The van der Waals surface area contributed by atoms with Gasteiger partial charge in [-0.15, -0.1) is 0 Å². The first-order chi connectivity index (χ1) is 8.70. The predicted molar refractivity (Wildman–Crippen MR) is 69.1 cm³/mol. The van der Waals surface area contributed by atoms with Crippen molar-refractivity contribution < 1.29 is 4.39 Å². The van der Waals surface area contributed by atoms with Crippen LogP contribution in [0.25, 0.3) is 0 Å². The number of pyridine rings is 1. The number of hydrogen-bond acceptors (Lipinski definition) is 3. The number of halogens is 1. The summed E-state index contributed by atoms with van der Waals surface area (Å²) in [6, 6.07) is 10.7. The topological polar surface area (TPSA) is 50.9 Å². The van der Waals surface area contributed by atoms with E-state index in [9.17, 15) is 4.39 Å². The van der Waals surface area contributed by atoms with Crippen LogP contribution in [0.2, 0.25) is 0 Å². The minimum Gasteiger partial charge on any atom is -0.271 e. The van der Waals surface area contributed by atoms with Crippen molar-refractivity contribution in [3.63, 3.8) is 0 Å². The summed E-state index contributed by atoms with van der Waals surface area (Å²) < 4.78 is 13.5. The molecule has 0 radical (unpaired) electrons. The van der Waals surface area contributed by atoms with Crippen molar-refractivity contribution in [2.45, 2.75) is 19.4 Å². The zero-order chi connectivity index (χ0) is 13.0. The molecule has 1 aromatic heterocycles. The van der Waals surface area contributed by atoms with Crippen LogP contribution in [0.3, 0.4) is 0 Å². The highest BCUT2D eigenvalue weighted by molar-refractivity contribution is 5.26. The van der Waals surface area contributed by atoms with E-state index >= 15 is 0 Å². The van der Waals surface area contributed by atoms with Gasteiger partial charge in [-0.1, -0.05) is 18.2 Å². The third-order valence-electron chi connectivity index (χ3n) is 2.94. The summed E-state index contributed by atoms with van der Waals surface area (Å²) in [5.41, 5.74) is 5.08. The Morgan fingerprint density at radius 3 is 2.78 bits per heavy atom. The van der Waals surface area contributed by atoms with Crippen LogP contribution in [-0.4, -0.2) is 4.98 Å². The highest BCUT2D eigenvalue weighted by atomic mass is 19.1. The van der Waals surface area contributed by atoms with Crippen LogP contribution in [0.1, 0.15) is 22.9 Å². The number of aryl methyl sites for hydroxylation is 1. The third-order valence-corrected chi connectivity index (χ3v) is 2.94. The summed E-state index contributed by atoms with van der Waals surface area (Å²) in [7, 11) is 0. The summed E-state index contributed by atoms with van der Waals surface area (Å²) in [6.07, 6.45) is 2.36. The lowest BCUT2D eigenvalue weighted by atomic mass is 10.0. The van der Waals surface area contributed by atoms with Gasteiger partial charge in [-0.2, -0.15) is 0 Å². The van der Waals surface area contributed by atoms with E-state index < -0.39 is 0 Å². The Labute approximate surface area is 106 Å². The van der Waals surface area contributed by atoms with Gasteiger partial charge >= 0.3 is 0 Å². The van der Waals surface area contributed by atoms with Crippen molar-refractivity contribution in [1.82, 2.24) is 10.4 Å². The zero-order valence-corrected chi connectivity index (χ0v) is 10.2. The monoisotopic (exact) mass is 245 g/mol. The lowest BCUT2D eigenvalue weighted by Crippen LogP contribution is -2.29. The maximum atomic E-state index is 13.5. The van der Waals surface area contributed by atoms with Gasteiger partial charge < -0.3 is 0 Å². The molecule has 0 spiro atoms. The van der Waals surface area contributed by atoms with Gasteiger partial charge in [0.05, 0.1) is 6.04 Å². The average molecular weight is 245 g/mol. The molecule has 1 atom stereocenters. The largest absolute Gasteiger partial charge is 0.271 e. The van der Waals surface area contributed by atoms with Gasteiger partial charge in [0.2, 0.25) is 0 Å². The Hall–Kier alpha value is -1.78. The van der Waals surface area contributed by atoms with E-state index in [4.69, 9.17) is 5.84 Å². The molecule has 4 heteroatoms. The minimum atomic E-state index is -0.214. The second-order valence-corrected chi connectivity index (χ2v) is 4.25. The molecule has 0 aliphatic rings. The molecule has 1 aromatic carbocycles. The average Bonchev–Trinajstić information content (AvgIpc) is 2.40. The number of benzene rings is 1. The van der Waals surface area contributed by atoms with Crippen LogP contribution in [0.5, 0.6) is 0 Å². The molecule has 2 rings (SSSR count). The number of rotatable bonds is 4. The highest BCUT2D eigenvalue weighted by Crippen LogP contribution is 2.19. The first kappa shape index (κ1) is 12.7. The Kier molecular flexibility index (Phi) is 4.02. The van der Waals surface area contributed by atoms with Crippen molar-refractivity contribution in [2.24, 2.45) is 5.84 Å². The molecular weight excluding hydrogens is 229 g/mol. The van der Waals surface area contributed by atoms with Crippen molar-refractivity contribution in [2.75, 3.05) is 0 Å². The standard InChI is InChI=1S/C14H16FN3/c1-10-5-6-11(8-13(10)15)14(18-16)9-12-4-2-3-7-17-12/h2-8,14,18H,9,16H2,1H3. The quantitative estimate of drug-likeness (QED) is 0.642. The number of hydrazine groups is 1. The molecule has 0 fully saturated rings. The van der Waals surface area contributed by atoms with E-state index in [1.807, 2.05) is 24.3 Å². The smallest absolute Gasteiger partial charge is 0.126 e. The fourth-order valence-corrected chi connectivity index (χ4v) is 1.83. The van der Waals surface area contributed by atoms with Crippen molar-refractivity contribution in [1.29, 1.82) is 0 Å². The first-order valence-electron chi connectivity index (χ1n) is 5.83. The van der Waals surface area contributed by atoms with Gasteiger partial charge in [0, 0.05) is 18.3 Å². The SMILES string of the molecule is Cc1ccc(C(Cc2ccccn2)NN)cc1F. The van der Waals surface area contributed by atoms with E-state index in [0.717, 1.165) is 11.3 Å². The number of nitrogens with one attached hydrogen (secondary N) is 1. The van der Waals surface area contributed by atoms with Crippen LogP contribution in [0.4, 0.5) is 4.39 Å². The van der Waals surface area contributed by atoms with Gasteiger partial charge in [0.25, 0.3) is 0 Å². The molecule has 3 N–H and O–H groups in total. The van der Waals surface area contributed by atoms with Crippen LogP contribution in [0, 0.1) is 12.7 Å². The molecule has 0 aliphatic heterocycles. The van der Waals surface area contributed by atoms with Gasteiger partial charge in [0.1, 0.15) is 5.82 Å². The maximum absolute atomic E-state index is 13.5. The van der Waals surface area contributed by atoms with E-state index in [1.165, 1.54) is 6.07 Å². The van der Waals surface area contributed by atoms with Crippen molar-refractivity contribution in [3.8, 4) is 0 Å². The molecule has 3 nitrogen and oxygen atoms in total. The predicted octanol–water partition coefficient (Wildman–Crippen LogP) is 2.28. The molecule has 94 valence electrons. The summed E-state index contributed by atoms with van der Waals surface area (Å²) in [5.74, 6) is 5.33. The number of hydrogen-bond donors (Lipinski definition) is 2. The first-order valence-corrected chi connectivity index (χ1v) is 5.83. The Balaban J connectivity index is 2.20. The fraction of sp³-hybridized carbons (Fsp3) is 0.214. The van der Waals surface area contributed by atoms with Crippen LogP contribution < -0.4 is 11.3 Å². The van der Waals surface area contributed by atoms with Crippen LogP contribution in [0.15, 0.2) is 42.6 Å². The summed E-state index contributed by atoms with van der Waals surface area (Å²) >= 11 is 0. The second kappa shape index (κ2) is 5.71. The molecule has 18 heavy (non-hydrogen) atoms. The number of aromatic nitrogens is 1. The van der Waals surface area contributed by atoms with E-state index in [0.29, 0.717) is 12.0 Å². The molecule has 1 heterocycles. The molecular formula is C14H16FN3. The van der Waals surface area contributed by atoms with Gasteiger partial charge in [-0.25, -0.2) is 4.39 Å². The Morgan fingerprint density at radius 2 is 2.17 bits per heavy atom. The summed E-state index contributed by atoms with van der Waals surface area (Å²) in [5, 5.41) is 0. The van der Waals surface area contributed by atoms with E-state index in [1.54, 1.807) is 19.2 Å². The summed E-state index contributed by atoms with van der Waals surface area (Å²) in [6.45, 7) is 1.74. The number of nitrogens with two attached hydrogens (primary N) is 1. The lowest BCUT2D eigenvalue weighted by Gasteiger charge is -2.16. The summed E-state index contributed by atoms with van der Waals surface area (Å²) in [4.78, 5) is 4.24. The highest BCUT2D eigenvalue weighted by Gasteiger charge is 2.12. The normalized spacial score (nSPS) is 12.4. The molecule has 0 saturated heterocycles. The molecule has 0 saturated carbocycles. The van der Waals surface area contributed by atoms with Crippen molar-refractivity contribution in [3.05, 3.63) is 65.2 Å². The Bertz CT molecular complexity index is 514. The maximum Gasteiger partial charge on any atom is 0.126 e.